The number of carbonyl (C=O) groups is 2. The van der Waals surface area contributed by atoms with Gasteiger partial charge in [0.2, 0.25) is 5.91 Å². The molecule has 0 aromatic carbocycles. The Balaban J connectivity index is 1.74. The van der Waals surface area contributed by atoms with Crippen LogP contribution in [0.25, 0.3) is 0 Å². The van der Waals surface area contributed by atoms with Crippen molar-refractivity contribution in [1.82, 2.24) is 20.6 Å². The molecule has 0 unspecified atom stereocenters. The number of thiophene rings is 1. The molecule has 3 amide bonds. The fourth-order valence-electron chi connectivity index (χ4n) is 1.55. The van der Waals surface area contributed by atoms with Crippen LogP contribution in [0.2, 0.25) is 0 Å². The van der Waals surface area contributed by atoms with Gasteiger partial charge >= 0.3 is 6.03 Å². The topological polar surface area (TPSA) is 110 Å². The zero-order chi connectivity index (χ0) is 15.9. The molecule has 2 heterocycles. The van der Waals surface area contributed by atoms with Gasteiger partial charge in [-0.3, -0.25) is 10.1 Å². The molecule has 0 atom stereocenters. The third-order valence-electron chi connectivity index (χ3n) is 2.44. The van der Waals surface area contributed by atoms with Gasteiger partial charge in [-0.1, -0.05) is 17.8 Å². The molecule has 0 spiro atoms. The summed E-state index contributed by atoms with van der Waals surface area (Å²) in [4.78, 5) is 32.4. The third kappa shape index (κ3) is 5.34. The lowest BCUT2D eigenvalue weighted by molar-refractivity contribution is -0.117. The molecule has 0 aliphatic carbocycles. The summed E-state index contributed by atoms with van der Waals surface area (Å²) in [6, 6.07) is 4.92. The zero-order valence-corrected chi connectivity index (χ0v) is 13.5. The maximum Gasteiger partial charge on any atom is 0.321 e. The van der Waals surface area contributed by atoms with Crippen molar-refractivity contribution in [2.75, 3.05) is 11.5 Å². The van der Waals surface area contributed by atoms with Crippen LogP contribution in [0.3, 0.4) is 0 Å². The van der Waals surface area contributed by atoms with Crippen LogP contribution in [0.15, 0.2) is 28.7 Å². The van der Waals surface area contributed by atoms with Crippen LogP contribution in [0.1, 0.15) is 10.6 Å². The van der Waals surface area contributed by atoms with E-state index in [2.05, 4.69) is 20.6 Å². The first-order valence-electron chi connectivity index (χ1n) is 6.37. The normalized spacial score (nSPS) is 10.2. The molecular formula is C13H15N5O2S2. The Morgan fingerprint density at radius 3 is 2.91 bits per heavy atom. The number of nitrogen functional groups attached to an aromatic ring is 1. The van der Waals surface area contributed by atoms with E-state index in [-0.39, 0.29) is 5.75 Å². The number of anilines is 1. The molecule has 4 N–H and O–H groups in total. The quantitative estimate of drug-likeness (QED) is 0.564. The summed E-state index contributed by atoms with van der Waals surface area (Å²) in [5.74, 6) is -0.0311. The van der Waals surface area contributed by atoms with Gasteiger partial charge in [-0.15, -0.1) is 11.3 Å². The lowest BCUT2D eigenvalue weighted by Crippen LogP contribution is -2.39. The summed E-state index contributed by atoms with van der Waals surface area (Å²) in [6.45, 7) is 2.18. The Morgan fingerprint density at radius 2 is 2.23 bits per heavy atom. The van der Waals surface area contributed by atoms with E-state index in [0.29, 0.717) is 17.5 Å². The van der Waals surface area contributed by atoms with Gasteiger partial charge < -0.3 is 11.1 Å². The van der Waals surface area contributed by atoms with E-state index in [1.165, 1.54) is 11.3 Å². The summed E-state index contributed by atoms with van der Waals surface area (Å²) < 4.78 is 0. The molecule has 0 saturated heterocycles. The second-order valence-electron chi connectivity index (χ2n) is 4.32. The molecule has 0 fully saturated rings. The van der Waals surface area contributed by atoms with Gasteiger partial charge in [-0.05, 0) is 18.4 Å². The third-order valence-corrected chi connectivity index (χ3v) is 4.17. The molecular weight excluding hydrogens is 322 g/mol. The Morgan fingerprint density at radius 1 is 1.41 bits per heavy atom. The van der Waals surface area contributed by atoms with Gasteiger partial charge in [0, 0.05) is 16.6 Å². The summed E-state index contributed by atoms with van der Waals surface area (Å²) in [7, 11) is 0. The van der Waals surface area contributed by atoms with Crippen molar-refractivity contribution in [2.24, 2.45) is 0 Å². The molecule has 0 saturated carbocycles. The minimum Gasteiger partial charge on any atom is -0.384 e. The first kappa shape index (κ1) is 16.2. The number of nitrogens with zero attached hydrogens (tertiary/aromatic N) is 2. The van der Waals surface area contributed by atoms with Gasteiger partial charge in [0.25, 0.3) is 0 Å². The van der Waals surface area contributed by atoms with Gasteiger partial charge in [0.1, 0.15) is 5.82 Å². The highest BCUT2D eigenvalue weighted by Gasteiger charge is 2.10. The first-order valence-corrected chi connectivity index (χ1v) is 8.23. The van der Waals surface area contributed by atoms with Crippen LogP contribution >= 0.6 is 23.1 Å². The van der Waals surface area contributed by atoms with Crippen LogP contribution in [0, 0.1) is 6.92 Å². The number of imide groups is 1. The maximum absolute atomic E-state index is 11.7. The minimum atomic E-state index is -0.524. The number of urea groups is 1. The number of hydrogen-bond acceptors (Lipinski definition) is 7. The van der Waals surface area contributed by atoms with Crippen molar-refractivity contribution in [1.29, 1.82) is 0 Å². The monoisotopic (exact) mass is 337 g/mol. The van der Waals surface area contributed by atoms with E-state index in [1.54, 1.807) is 13.0 Å². The number of thioether (sulfide) groups is 1. The molecule has 7 nitrogen and oxygen atoms in total. The van der Waals surface area contributed by atoms with Gasteiger partial charge in [-0.25, -0.2) is 14.8 Å². The van der Waals surface area contributed by atoms with E-state index in [4.69, 9.17) is 5.73 Å². The van der Waals surface area contributed by atoms with Gasteiger partial charge in [0.05, 0.1) is 12.3 Å². The Kier molecular flexibility index (Phi) is 5.73. The molecule has 22 heavy (non-hydrogen) atoms. The highest BCUT2D eigenvalue weighted by Crippen LogP contribution is 2.14. The zero-order valence-electron chi connectivity index (χ0n) is 11.8. The van der Waals surface area contributed by atoms with E-state index >= 15 is 0 Å². The number of amides is 3. The average Bonchev–Trinajstić information content (AvgIpc) is 2.95. The molecule has 2 aromatic rings. The van der Waals surface area contributed by atoms with Crippen molar-refractivity contribution < 1.29 is 9.59 Å². The molecule has 0 aliphatic heterocycles. The summed E-state index contributed by atoms with van der Waals surface area (Å²) in [6.07, 6.45) is 0. The fourth-order valence-corrected chi connectivity index (χ4v) is 2.90. The number of nitrogens with two attached hydrogens (primary N) is 1. The van der Waals surface area contributed by atoms with Gasteiger partial charge in [-0.2, -0.15) is 0 Å². The smallest absolute Gasteiger partial charge is 0.321 e. The Labute approximate surface area is 135 Å². The van der Waals surface area contributed by atoms with E-state index in [1.807, 2.05) is 17.5 Å². The molecule has 0 aliphatic rings. The highest BCUT2D eigenvalue weighted by molar-refractivity contribution is 7.99. The number of carbonyl (C=O) groups excluding carboxylic acids is 2. The van der Waals surface area contributed by atoms with Crippen LogP contribution in [-0.2, 0) is 11.3 Å². The van der Waals surface area contributed by atoms with Crippen molar-refractivity contribution in [3.63, 3.8) is 0 Å². The number of aromatic nitrogens is 2. The number of rotatable bonds is 5. The largest absolute Gasteiger partial charge is 0.384 e. The summed E-state index contributed by atoms with van der Waals surface area (Å²) >= 11 is 2.66. The summed E-state index contributed by atoms with van der Waals surface area (Å²) in [5.41, 5.74) is 6.33. The maximum atomic E-state index is 11.7. The van der Waals surface area contributed by atoms with Crippen LogP contribution in [0.5, 0.6) is 0 Å². The van der Waals surface area contributed by atoms with Crippen molar-refractivity contribution in [3.8, 4) is 0 Å². The van der Waals surface area contributed by atoms with Crippen LogP contribution in [-0.4, -0.2) is 27.7 Å². The minimum absolute atomic E-state index is 0.0370. The molecule has 9 heteroatoms. The van der Waals surface area contributed by atoms with Crippen molar-refractivity contribution in [2.45, 2.75) is 18.6 Å². The molecule has 0 bridgehead atoms. The van der Waals surface area contributed by atoms with Crippen molar-refractivity contribution >= 4 is 40.9 Å². The SMILES string of the molecule is Cc1cc(N)nc(SCC(=O)NC(=O)NCc2cccs2)n1. The van der Waals surface area contributed by atoms with Gasteiger partial charge in [0.15, 0.2) is 5.16 Å². The second-order valence-corrected chi connectivity index (χ2v) is 6.29. The van der Waals surface area contributed by atoms with E-state index < -0.39 is 11.9 Å². The Bertz CT molecular complexity index is 640. The lowest BCUT2D eigenvalue weighted by Gasteiger charge is -2.06. The number of hydrogen-bond donors (Lipinski definition) is 3. The predicted molar refractivity (Wildman–Crippen MR) is 86.6 cm³/mol. The number of aryl methyl sites for hydroxylation is 1. The Hall–Kier alpha value is -2.13. The standard InChI is InChI=1S/C13H15N5O2S2/c1-8-5-10(14)17-13(16-8)22-7-11(19)18-12(20)15-6-9-3-2-4-21-9/h2-5H,6-7H2,1H3,(H2,14,16,17)(H2,15,18,19,20). The van der Waals surface area contributed by atoms with Crippen LogP contribution in [0.4, 0.5) is 10.6 Å². The van der Waals surface area contributed by atoms with E-state index in [0.717, 1.165) is 22.3 Å². The molecule has 2 rings (SSSR count). The summed E-state index contributed by atoms with van der Waals surface area (Å²) in [5, 5.41) is 7.19. The second kappa shape index (κ2) is 7.76. The fraction of sp³-hybridized carbons (Fsp3) is 0.231. The predicted octanol–water partition coefficient (Wildman–Crippen LogP) is 1.55. The molecule has 116 valence electrons. The van der Waals surface area contributed by atoms with Crippen molar-refractivity contribution in [3.05, 3.63) is 34.2 Å². The highest BCUT2D eigenvalue weighted by atomic mass is 32.2. The lowest BCUT2D eigenvalue weighted by atomic mass is 10.4. The average molecular weight is 337 g/mol. The first-order chi connectivity index (χ1) is 10.5. The molecule has 0 radical (unpaired) electrons. The number of nitrogens with one attached hydrogen (secondary N) is 2. The molecule has 2 aromatic heterocycles. The van der Waals surface area contributed by atoms with E-state index in [9.17, 15) is 9.59 Å². The van der Waals surface area contributed by atoms with Crippen LogP contribution < -0.4 is 16.4 Å².